The van der Waals surface area contributed by atoms with Crippen molar-refractivity contribution in [1.82, 2.24) is 15.3 Å². The summed E-state index contributed by atoms with van der Waals surface area (Å²) in [4.78, 5) is 35.0. The van der Waals surface area contributed by atoms with Crippen LogP contribution in [0.15, 0.2) is 65.8 Å². The maximum Gasteiger partial charge on any atom is 0.501 e. The molecule has 2 atom stereocenters. The first-order valence-electron chi connectivity index (χ1n) is 11.0. The van der Waals surface area contributed by atoms with Crippen LogP contribution in [0.5, 0.6) is 0 Å². The Morgan fingerprint density at radius 2 is 1.37 bits per heavy atom. The number of pyridine rings is 2. The second-order valence-electron chi connectivity index (χ2n) is 8.65. The first kappa shape index (κ1) is 27.8. The number of anilines is 1. The van der Waals surface area contributed by atoms with Gasteiger partial charge in [0.2, 0.25) is 0 Å². The molecule has 1 saturated heterocycles. The smallest absolute Gasteiger partial charge is 0.322 e. The maximum atomic E-state index is 14.1. The number of amides is 3. The number of carbonyl (C=O) groups is 2. The normalized spacial score (nSPS) is 19.8. The van der Waals surface area contributed by atoms with Crippen LogP contribution in [-0.2, 0) is 14.6 Å². The minimum atomic E-state index is -5.61. The number of imide groups is 1. The van der Waals surface area contributed by atoms with Crippen LogP contribution in [0.2, 0.25) is 10.3 Å². The van der Waals surface area contributed by atoms with Crippen LogP contribution in [0.1, 0.15) is 36.8 Å². The van der Waals surface area contributed by atoms with Crippen molar-refractivity contribution in [2.75, 3.05) is 4.90 Å². The van der Waals surface area contributed by atoms with Crippen LogP contribution in [-0.4, -0.2) is 41.4 Å². The van der Waals surface area contributed by atoms with Gasteiger partial charge in [0.1, 0.15) is 15.8 Å². The summed E-state index contributed by atoms with van der Waals surface area (Å²) < 4.78 is 62.4. The third-order valence-electron chi connectivity index (χ3n) is 6.65. The second-order valence-corrected chi connectivity index (χ2v) is 11.4. The molecule has 8 nitrogen and oxygen atoms in total. The molecular formula is C24H19Cl2F3N4O4S. The van der Waals surface area contributed by atoms with Crippen molar-refractivity contribution < 1.29 is 31.2 Å². The number of alkyl halides is 3. The van der Waals surface area contributed by atoms with Crippen LogP contribution in [0.4, 0.5) is 23.7 Å². The van der Waals surface area contributed by atoms with Crippen molar-refractivity contribution >= 4 is 50.7 Å². The van der Waals surface area contributed by atoms with Gasteiger partial charge in [-0.3, -0.25) is 4.79 Å². The van der Waals surface area contributed by atoms with Gasteiger partial charge in [-0.05, 0) is 59.7 Å². The second kappa shape index (κ2) is 9.83. The Hall–Kier alpha value is -3.22. The summed E-state index contributed by atoms with van der Waals surface area (Å²) in [5.41, 5.74) is -6.07. The number of halogens is 5. The predicted molar refractivity (Wildman–Crippen MR) is 134 cm³/mol. The summed E-state index contributed by atoms with van der Waals surface area (Å²) in [5, 5.41) is 3.11. The van der Waals surface area contributed by atoms with E-state index in [0.29, 0.717) is 23.3 Å². The molecule has 0 spiro atoms. The van der Waals surface area contributed by atoms with Crippen LogP contribution in [0.3, 0.4) is 0 Å². The number of carbonyl (C=O) groups excluding carboxylic acids is 2. The molecule has 14 heteroatoms. The lowest BCUT2D eigenvalue weighted by atomic mass is 9.70. The standard InChI is InChI=1S/C24H19Cl2F3N4O4S/c1-13(15-7-9-30-19(25)11-15)23(14(2)16-8-10-31-20(26)12-16)21(34)33(22(35)32-23)17-3-5-18(6-4-17)38(36,37)24(27,28)29/h3-14H,1-2H3,(H,32,35). The van der Waals surface area contributed by atoms with E-state index in [0.717, 1.165) is 17.0 Å². The number of benzene rings is 1. The van der Waals surface area contributed by atoms with Crippen molar-refractivity contribution in [3.63, 3.8) is 0 Å². The third kappa shape index (κ3) is 4.61. The zero-order valence-corrected chi connectivity index (χ0v) is 22.0. The largest absolute Gasteiger partial charge is 0.501 e. The number of aromatic nitrogens is 2. The Morgan fingerprint density at radius 1 is 0.895 bits per heavy atom. The number of sulfone groups is 1. The third-order valence-corrected chi connectivity index (χ3v) is 8.57. The number of nitrogens with one attached hydrogen (secondary N) is 1. The molecule has 1 aliphatic rings. The molecule has 0 saturated carbocycles. The average Bonchev–Trinajstić information content (AvgIpc) is 3.13. The van der Waals surface area contributed by atoms with Gasteiger partial charge in [0.05, 0.1) is 10.6 Å². The fourth-order valence-electron chi connectivity index (χ4n) is 4.57. The van der Waals surface area contributed by atoms with Gasteiger partial charge in [-0.1, -0.05) is 37.0 Å². The molecule has 2 aromatic heterocycles. The van der Waals surface area contributed by atoms with E-state index in [1.165, 1.54) is 12.4 Å². The number of urea groups is 1. The van der Waals surface area contributed by atoms with Crippen molar-refractivity contribution in [2.45, 2.75) is 41.6 Å². The van der Waals surface area contributed by atoms with Crippen molar-refractivity contribution in [2.24, 2.45) is 0 Å². The molecule has 1 aliphatic heterocycles. The van der Waals surface area contributed by atoms with Gasteiger partial charge in [0.15, 0.2) is 0 Å². The van der Waals surface area contributed by atoms with Gasteiger partial charge in [-0.2, -0.15) is 13.2 Å². The summed E-state index contributed by atoms with van der Waals surface area (Å²) in [6, 6.07) is 8.86. The number of rotatable bonds is 6. The fourth-order valence-corrected chi connectivity index (χ4v) is 5.69. The molecule has 3 aromatic rings. The lowest BCUT2D eigenvalue weighted by Gasteiger charge is -2.38. The van der Waals surface area contributed by atoms with Crippen molar-refractivity contribution in [3.8, 4) is 0 Å². The SMILES string of the molecule is CC(c1ccnc(Cl)c1)C1(C(C)c2ccnc(Cl)c2)NC(=O)N(c2ccc(S(=O)(=O)C(F)(F)F)cc2)C1=O. The van der Waals surface area contributed by atoms with Gasteiger partial charge in [-0.15, -0.1) is 0 Å². The molecular weight excluding hydrogens is 568 g/mol. The zero-order valence-electron chi connectivity index (χ0n) is 19.7. The quantitative estimate of drug-likeness (QED) is 0.302. The Labute approximate surface area is 225 Å². The summed E-state index contributed by atoms with van der Waals surface area (Å²) in [6.45, 7) is 3.43. The van der Waals surface area contributed by atoms with E-state index >= 15 is 0 Å². The van der Waals surface area contributed by atoms with E-state index in [-0.39, 0.29) is 16.0 Å². The molecule has 0 bridgehead atoms. The van der Waals surface area contributed by atoms with Gasteiger partial charge in [0, 0.05) is 24.2 Å². The van der Waals surface area contributed by atoms with Crippen molar-refractivity contribution in [1.29, 1.82) is 0 Å². The minimum Gasteiger partial charge on any atom is -0.322 e. The summed E-state index contributed by atoms with van der Waals surface area (Å²) in [7, 11) is -5.61. The van der Waals surface area contributed by atoms with Crippen molar-refractivity contribution in [3.05, 3.63) is 82.4 Å². The molecule has 0 radical (unpaired) electrons. The maximum absolute atomic E-state index is 14.1. The summed E-state index contributed by atoms with van der Waals surface area (Å²) >= 11 is 12.2. The van der Waals surface area contributed by atoms with Gasteiger partial charge < -0.3 is 5.32 Å². The molecule has 38 heavy (non-hydrogen) atoms. The highest BCUT2D eigenvalue weighted by Crippen LogP contribution is 2.45. The monoisotopic (exact) mass is 586 g/mol. The summed E-state index contributed by atoms with van der Waals surface area (Å²) in [6.07, 6.45) is 2.91. The predicted octanol–water partition coefficient (Wildman–Crippen LogP) is 5.48. The topological polar surface area (TPSA) is 109 Å². The lowest BCUT2D eigenvalue weighted by Crippen LogP contribution is -2.55. The average molecular weight is 587 g/mol. The molecule has 0 aliphatic carbocycles. The fraction of sp³-hybridized carbons (Fsp3) is 0.250. The minimum absolute atomic E-state index is 0.115. The number of nitrogens with zero attached hydrogens (tertiary/aromatic N) is 3. The number of hydrogen-bond acceptors (Lipinski definition) is 6. The molecule has 2 unspecified atom stereocenters. The van der Waals surface area contributed by atoms with Gasteiger partial charge >= 0.3 is 11.5 Å². The highest BCUT2D eigenvalue weighted by molar-refractivity contribution is 7.92. The molecule has 1 aromatic carbocycles. The Bertz CT molecular complexity index is 1470. The molecule has 200 valence electrons. The highest BCUT2D eigenvalue weighted by atomic mass is 35.5. The molecule has 1 N–H and O–H groups in total. The molecule has 4 rings (SSSR count). The van der Waals surface area contributed by atoms with E-state index in [1.807, 2.05) is 0 Å². The van der Waals surface area contributed by atoms with Crippen LogP contribution >= 0.6 is 23.2 Å². The Balaban J connectivity index is 1.82. The van der Waals surface area contributed by atoms with E-state index < -0.39 is 49.6 Å². The summed E-state index contributed by atoms with van der Waals surface area (Å²) in [5.74, 6) is -2.08. The lowest BCUT2D eigenvalue weighted by molar-refractivity contribution is -0.123. The van der Waals surface area contributed by atoms with E-state index in [1.54, 1.807) is 38.1 Å². The Morgan fingerprint density at radius 3 is 1.79 bits per heavy atom. The van der Waals surface area contributed by atoms with Crippen LogP contribution < -0.4 is 10.2 Å². The van der Waals surface area contributed by atoms with Gasteiger partial charge in [-0.25, -0.2) is 28.1 Å². The van der Waals surface area contributed by atoms with E-state index in [4.69, 9.17) is 23.2 Å². The van der Waals surface area contributed by atoms with Crippen LogP contribution in [0, 0.1) is 0 Å². The number of hydrogen-bond donors (Lipinski definition) is 1. The van der Waals surface area contributed by atoms with E-state index in [9.17, 15) is 31.2 Å². The highest BCUT2D eigenvalue weighted by Gasteiger charge is 2.59. The Kier molecular flexibility index (Phi) is 7.19. The molecule has 3 heterocycles. The zero-order chi connectivity index (χ0) is 28.0. The first-order chi connectivity index (χ1) is 17.7. The molecule has 1 fully saturated rings. The first-order valence-corrected chi connectivity index (χ1v) is 13.2. The van der Waals surface area contributed by atoms with Crippen LogP contribution in [0.25, 0.3) is 0 Å². The van der Waals surface area contributed by atoms with Gasteiger partial charge in [0.25, 0.3) is 15.7 Å². The van der Waals surface area contributed by atoms with E-state index in [2.05, 4.69) is 15.3 Å². The molecule has 3 amide bonds.